The molecule has 0 aliphatic carbocycles. The van der Waals surface area contributed by atoms with Crippen molar-refractivity contribution in [3.8, 4) is 0 Å². The maximum absolute atomic E-state index is 11.5. The van der Waals surface area contributed by atoms with Crippen molar-refractivity contribution in [2.24, 2.45) is 0 Å². The second-order valence-electron chi connectivity index (χ2n) is 3.18. The fourth-order valence-electron chi connectivity index (χ4n) is 1.15. The predicted molar refractivity (Wildman–Crippen MR) is 65.9 cm³/mol. The normalized spacial score (nSPS) is 10.2. The van der Waals surface area contributed by atoms with Gasteiger partial charge in [-0.2, -0.15) is 11.8 Å². The maximum Gasteiger partial charge on any atom is 0.173 e. The number of carbonyl (C=O) groups is 2. The predicted octanol–water partition coefficient (Wildman–Crippen LogP) is 3.03. The van der Waals surface area contributed by atoms with E-state index in [9.17, 15) is 9.59 Å². The highest BCUT2D eigenvalue weighted by molar-refractivity contribution is 7.98. The summed E-state index contributed by atoms with van der Waals surface area (Å²) in [5.41, 5.74) is 0. The van der Waals surface area contributed by atoms with E-state index in [4.69, 9.17) is 0 Å². The number of Topliss-reactive ketones (excluding diaryl/α,β-unsaturated/α-hetero) is 2. The fourth-order valence-corrected chi connectivity index (χ4v) is 2.28. The zero-order valence-corrected chi connectivity index (χ0v) is 10.3. The Bertz CT molecular complexity index is 317. The minimum atomic E-state index is 0.0856. The molecule has 82 valence electrons. The summed E-state index contributed by atoms with van der Waals surface area (Å²) in [5.74, 6) is 1.13. The minimum Gasteiger partial charge on any atom is -0.300 e. The van der Waals surface area contributed by atoms with E-state index >= 15 is 0 Å². The molecule has 1 aromatic heterocycles. The molecule has 0 aromatic carbocycles. The van der Waals surface area contributed by atoms with Gasteiger partial charge in [0.2, 0.25) is 0 Å². The molecule has 4 heteroatoms. The van der Waals surface area contributed by atoms with Crippen LogP contribution in [0.15, 0.2) is 17.5 Å². The average molecular weight is 242 g/mol. The lowest BCUT2D eigenvalue weighted by Gasteiger charge is -1.98. The molecule has 0 N–H and O–H groups in total. The molecule has 0 unspecified atom stereocenters. The van der Waals surface area contributed by atoms with E-state index < -0.39 is 0 Å². The van der Waals surface area contributed by atoms with Crippen LogP contribution in [0.2, 0.25) is 0 Å². The lowest BCUT2D eigenvalue weighted by atomic mass is 10.1. The van der Waals surface area contributed by atoms with Crippen molar-refractivity contribution < 1.29 is 9.59 Å². The van der Waals surface area contributed by atoms with E-state index in [1.54, 1.807) is 17.8 Å². The van der Waals surface area contributed by atoms with Crippen molar-refractivity contribution in [2.75, 3.05) is 12.0 Å². The molecular formula is C11H14O2S2. The number of rotatable bonds is 7. The molecule has 0 fully saturated rings. The summed E-state index contributed by atoms with van der Waals surface area (Å²) < 4.78 is 0. The monoisotopic (exact) mass is 242 g/mol. The lowest BCUT2D eigenvalue weighted by molar-refractivity contribution is -0.118. The third-order valence-electron chi connectivity index (χ3n) is 2.01. The number of ketones is 2. The van der Waals surface area contributed by atoms with Crippen LogP contribution < -0.4 is 0 Å². The third-order valence-corrected chi connectivity index (χ3v) is 3.54. The van der Waals surface area contributed by atoms with Crippen molar-refractivity contribution >= 4 is 34.7 Å². The molecule has 0 aliphatic rings. The van der Waals surface area contributed by atoms with Gasteiger partial charge >= 0.3 is 0 Å². The van der Waals surface area contributed by atoms with Crippen LogP contribution in [-0.2, 0) is 4.79 Å². The molecular weight excluding hydrogens is 228 g/mol. The lowest BCUT2D eigenvalue weighted by Crippen LogP contribution is -2.04. The molecule has 0 amide bonds. The Morgan fingerprint density at radius 3 is 2.73 bits per heavy atom. The summed E-state index contributed by atoms with van der Waals surface area (Å²) in [5, 5.41) is 1.88. The summed E-state index contributed by atoms with van der Waals surface area (Å²) >= 11 is 3.09. The number of hydrogen-bond acceptors (Lipinski definition) is 4. The van der Waals surface area contributed by atoms with Crippen molar-refractivity contribution in [3.05, 3.63) is 22.4 Å². The second kappa shape index (κ2) is 6.80. The Balaban J connectivity index is 2.25. The smallest absolute Gasteiger partial charge is 0.173 e. The Kier molecular flexibility index (Phi) is 5.65. The zero-order chi connectivity index (χ0) is 11.1. The Labute approximate surface area is 98.1 Å². The van der Waals surface area contributed by atoms with Crippen LogP contribution in [0.1, 0.15) is 28.9 Å². The molecule has 2 nitrogen and oxygen atoms in total. The quantitative estimate of drug-likeness (QED) is 0.689. The molecule has 0 radical (unpaired) electrons. The molecule has 0 aliphatic heterocycles. The Morgan fingerprint density at radius 2 is 2.13 bits per heavy atom. The van der Waals surface area contributed by atoms with E-state index in [1.165, 1.54) is 11.3 Å². The molecule has 0 spiro atoms. The van der Waals surface area contributed by atoms with Crippen LogP contribution in [0.5, 0.6) is 0 Å². The minimum absolute atomic E-state index is 0.0856. The molecule has 15 heavy (non-hydrogen) atoms. The standard InChI is InChI=1S/C11H14O2S2/c1-14-8-6-9(12)4-5-10(13)11-3-2-7-15-11/h2-3,7H,4-6,8H2,1H3. The van der Waals surface area contributed by atoms with Crippen LogP contribution in [-0.4, -0.2) is 23.6 Å². The number of hydrogen-bond donors (Lipinski definition) is 0. The molecule has 0 saturated carbocycles. The van der Waals surface area contributed by atoms with E-state index in [0.29, 0.717) is 19.3 Å². The molecule has 0 bridgehead atoms. The first-order valence-corrected chi connectivity index (χ1v) is 7.08. The van der Waals surface area contributed by atoms with Crippen molar-refractivity contribution in [1.29, 1.82) is 0 Å². The highest BCUT2D eigenvalue weighted by atomic mass is 32.2. The summed E-state index contributed by atoms with van der Waals surface area (Å²) in [6, 6.07) is 3.66. The molecule has 1 aromatic rings. The van der Waals surface area contributed by atoms with Gasteiger partial charge in [0.15, 0.2) is 5.78 Å². The van der Waals surface area contributed by atoms with Crippen LogP contribution in [0.3, 0.4) is 0 Å². The maximum atomic E-state index is 11.5. The van der Waals surface area contributed by atoms with E-state index in [1.807, 2.05) is 17.7 Å². The summed E-state index contributed by atoms with van der Waals surface area (Å²) in [7, 11) is 0. The van der Waals surface area contributed by atoms with E-state index in [0.717, 1.165) is 10.6 Å². The van der Waals surface area contributed by atoms with Gasteiger partial charge in [-0.3, -0.25) is 9.59 Å². The average Bonchev–Trinajstić information content (AvgIpc) is 2.76. The van der Waals surface area contributed by atoms with Gasteiger partial charge in [-0.1, -0.05) is 6.07 Å². The van der Waals surface area contributed by atoms with Gasteiger partial charge in [0.25, 0.3) is 0 Å². The second-order valence-corrected chi connectivity index (χ2v) is 5.12. The van der Waals surface area contributed by atoms with Gasteiger partial charge in [-0.15, -0.1) is 11.3 Å². The van der Waals surface area contributed by atoms with Gasteiger partial charge in [0.05, 0.1) is 4.88 Å². The SMILES string of the molecule is CSCCC(=O)CCC(=O)c1cccs1. The number of thiophene rings is 1. The van der Waals surface area contributed by atoms with Gasteiger partial charge in [-0.05, 0) is 23.5 Å². The van der Waals surface area contributed by atoms with Crippen molar-refractivity contribution in [3.63, 3.8) is 0 Å². The molecule has 0 saturated heterocycles. The van der Waals surface area contributed by atoms with Crippen LogP contribution >= 0.6 is 23.1 Å². The first-order valence-electron chi connectivity index (χ1n) is 4.81. The molecule has 1 heterocycles. The van der Waals surface area contributed by atoms with Crippen LogP contribution in [0, 0.1) is 0 Å². The third kappa shape index (κ3) is 4.62. The van der Waals surface area contributed by atoms with E-state index in [-0.39, 0.29) is 11.6 Å². The first-order chi connectivity index (χ1) is 7.24. The Morgan fingerprint density at radius 1 is 1.33 bits per heavy atom. The molecule has 0 atom stereocenters. The summed E-state index contributed by atoms with van der Waals surface area (Å²) in [4.78, 5) is 23.6. The van der Waals surface area contributed by atoms with Crippen molar-refractivity contribution in [1.82, 2.24) is 0 Å². The Hall–Kier alpha value is -0.610. The van der Waals surface area contributed by atoms with Gasteiger partial charge < -0.3 is 0 Å². The highest BCUT2D eigenvalue weighted by Crippen LogP contribution is 2.13. The zero-order valence-electron chi connectivity index (χ0n) is 8.69. The van der Waals surface area contributed by atoms with E-state index in [2.05, 4.69) is 0 Å². The van der Waals surface area contributed by atoms with Crippen molar-refractivity contribution in [2.45, 2.75) is 19.3 Å². The topological polar surface area (TPSA) is 34.1 Å². The van der Waals surface area contributed by atoms with Gasteiger partial charge in [-0.25, -0.2) is 0 Å². The fraction of sp³-hybridized carbons (Fsp3) is 0.455. The summed E-state index contributed by atoms with van der Waals surface area (Å²) in [6.07, 6.45) is 3.30. The van der Waals surface area contributed by atoms with Crippen LogP contribution in [0.4, 0.5) is 0 Å². The van der Waals surface area contributed by atoms with Gasteiger partial charge in [0, 0.05) is 19.3 Å². The summed E-state index contributed by atoms with van der Waals surface area (Å²) in [6.45, 7) is 0. The number of thioether (sulfide) groups is 1. The largest absolute Gasteiger partial charge is 0.300 e. The highest BCUT2D eigenvalue weighted by Gasteiger charge is 2.09. The first kappa shape index (κ1) is 12.5. The number of carbonyl (C=O) groups excluding carboxylic acids is 2. The van der Waals surface area contributed by atoms with Crippen LogP contribution in [0.25, 0.3) is 0 Å². The van der Waals surface area contributed by atoms with Gasteiger partial charge in [0.1, 0.15) is 5.78 Å². The molecule has 1 rings (SSSR count).